The van der Waals surface area contributed by atoms with Gasteiger partial charge in [-0.15, -0.1) is 0 Å². The molecule has 0 heterocycles. The van der Waals surface area contributed by atoms with Gasteiger partial charge < -0.3 is 0 Å². The molecule has 0 aliphatic heterocycles. The average Bonchev–Trinajstić information content (AvgIpc) is 3.15. The average molecular weight is 817 g/mol. The van der Waals surface area contributed by atoms with Crippen molar-refractivity contribution >= 4 is 0 Å². The first-order chi connectivity index (χ1) is 32.3. The predicted octanol–water partition coefficient (Wildman–Crippen LogP) is 5.00. The molecule has 48 fully saturated rings. The summed E-state index contributed by atoms with van der Waals surface area (Å²) in [6.45, 7) is 0. The fraction of sp³-hybridized carbons (Fsp3) is 1.00. The van der Waals surface area contributed by atoms with Gasteiger partial charge in [0.15, 0.2) is 0 Å². The zero-order chi connectivity index (χ0) is 35.5. The van der Waals surface area contributed by atoms with Crippen LogP contribution in [0.1, 0.15) is 25.7 Å². The minimum Gasteiger partial charge on any atom is -0.0458 e. The summed E-state index contributed by atoms with van der Waals surface area (Å²) in [7, 11) is 0. The second kappa shape index (κ2) is 3.11. The molecular formula is C65H36. The van der Waals surface area contributed by atoms with Crippen molar-refractivity contribution in [1.82, 2.24) is 0 Å². The van der Waals surface area contributed by atoms with Gasteiger partial charge in [-0.2, -0.15) is 0 Å². The van der Waals surface area contributed by atoms with Gasteiger partial charge in [0.05, 0.1) is 0 Å². The first kappa shape index (κ1) is 21.2. The lowest BCUT2D eigenvalue weighted by molar-refractivity contribution is -1.25. The monoisotopic (exact) mass is 816 g/mol. The summed E-state index contributed by atoms with van der Waals surface area (Å²) >= 11 is 0. The number of hydrogen-bond acceptors (Lipinski definition) is 0. The van der Waals surface area contributed by atoms with E-state index in [-0.39, 0.29) is 0 Å². The normalized spacial score (nSPS) is 145. The van der Waals surface area contributed by atoms with Crippen LogP contribution < -0.4 is 0 Å². The summed E-state index contributed by atoms with van der Waals surface area (Å²) < 4.78 is 0. The highest BCUT2D eigenvalue weighted by Crippen LogP contribution is 3.73. The molecule has 0 nitrogen and oxygen atoms in total. The van der Waals surface area contributed by atoms with Crippen molar-refractivity contribution in [3.8, 4) is 0 Å². The maximum absolute atomic E-state index is 1.86. The molecular weight excluding hydrogens is 781 g/mol. The molecule has 0 aromatic rings. The topological polar surface area (TPSA) is 0 Å². The minimum atomic E-state index is 1.11. The first-order valence-electron chi connectivity index (χ1n) is 32.3. The summed E-state index contributed by atoms with van der Waals surface area (Å²) in [5.74, 6) is 39.7. The molecule has 0 radical (unpaired) electrons. The van der Waals surface area contributed by atoms with Gasteiger partial charge in [-0.05, 0) is 370 Å². The molecule has 0 saturated heterocycles. The van der Waals surface area contributed by atoms with Crippen LogP contribution in [0.25, 0.3) is 0 Å². The molecule has 0 aromatic carbocycles. The van der Waals surface area contributed by atoms with Crippen LogP contribution in [0.2, 0.25) is 0 Å². The lowest BCUT2D eigenvalue weighted by Crippen LogP contribution is -3.68. The molecule has 48 rings (SSSR count). The highest BCUT2D eigenvalue weighted by atomic mass is 15.7. The van der Waals surface area contributed by atoms with Crippen LogP contribution >= 0.6 is 0 Å². The van der Waals surface area contributed by atoms with Gasteiger partial charge in [-0.1, -0.05) is 0 Å². The molecule has 65 heavy (non-hydrogen) atoms. The molecule has 0 bridgehead atoms. The van der Waals surface area contributed by atoms with Crippen molar-refractivity contribution in [1.29, 1.82) is 0 Å². The smallest absolute Gasteiger partial charge is 0.000715 e. The molecule has 296 valence electrons. The second-order valence-electron chi connectivity index (χ2n) is 42.7. The molecule has 48 aliphatic rings. The van der Waals surface area contributed by atoms with Crippen LogP contribution in [-0.4, -0.2) is 0 Å². The molecule has 48 saturated carbocycles. The predicted molar refractivity (Wildman–Crippen MR) is 196 cm³/mol. The minimum absolute atomic E-state index is 1.11. The van der Waals surface area contributed by atoms with Crippen LogP contribution in [0.3, 0.4) is 0 Å². The summed E-state index contributed by atoms with van der Waals surface area (Å²) in [6, 6.07) is 0. The Bertz CT molecular complexity index is 4130. The van der Waals surface area contributed by atoms with Crippen LogP contribution in [0.15, 0.2) is 0 Å². The Morgan fingerprint density at radius 1 is 0.138 bits per heavy atom. The molecule has 33 spiro atoms. The van der Waals surface area contributed by atoms with E-state index < -0.39 is 0 Å². The van der Waals surface area contributed by atoms with E-state index in [0.29, 0.717) is 0 Å². The van der Waals surface area contributed by atoms with E-state index in [2.05, 4.69) is 0 Å². The Labute approximate surface area is 368 Å². The van der Waals surface area contributed by atoms with Gasteiger partial charge in [0, 0.05) is 0 Å². The van der Waals surface area contributed by atoms with Gasteiger partial charge in [0.25, 0.3) is 0 Å². The van der Waals surface area contributed by atoms with Crippen LogP contribution in [-0.2, 0) is 0 Å². The van der Waals surface area contributed by atoms with E-state index in [1.807, 2.05) is 25.7 Å². The SMILES string of the molecule is C1C2C3C4CC5C6C7C8C9C%10C%11C%12C%13C%14C%15CC%16C%17C%18CC%19C%20C%21C%22C%23C%24C%25C%26C%27C%28C1C21C32C45C63C74C85C96C%107C%118C%129C%13%10C%14%11C%16%15C%17%12C%18%19C%20%13C%21%14C%22%15C%23%16C%24%17C%25%18C%26%19C%27%20C%281C23C%204C%195C%186C%177C%168C%159C%14%10C%12%13%11. The number of fused-ring (bicyclic) bond motifs is 24. The Balaban J connectivity index is 0.698. The Kier molecular flexibility index (Phi) is 1.01. The van der Waals surface area contributed by atoms with E-state index in [0.717, 1.165) is 179 Å². The van der Waals surface area contributed by atoms with Crippen molar-refractivity contribution < 1.29 is 0 Å². The van der Waals surface area contributed by atoms with Gasteiger partial charge in [0.2, 0.25) is 0 Å². The van der Waals surface area contributed by atoms with Gasteiger partial charge in [0.1, 0.15) is 0 Å². The third kappa shape index (κ3) is 0.440. The summed E-state index contributed by atoms with van der Waals surface area (Å²) in [5.41, 5.74) is 37.5. The third-order valence-corrected chi connectivity index (χ3v) is 57.9. The van der Waals surface area contributed by atoms with Crippen molar-refractivity contribution in [2.24, 2.45) is 344 Å². The van der Waals surface area contributed by atoms with E-state index >= 15 is 0 Å². The second-order valence-corrected chi connectivity index (χ2v) is 42.7. The molecule has 44 unspecified atom stereocenters. The maximum atomic E-state index is 1.86. The quantitative estimate of drug-likeness (QED) is 0.323. The van der Waals surface area contributed by atoms with Crippen LogP contribution in [0.4, 0.5) is 0 Å². The molecule has 48 aliphatic carbocycles. The summed E-state index contributed by atoms with van der Waals surface area (Å²) in [5, 5.41) is 0. The molecule has 0 heteroatoms. The molecule has 44 atom stereocenters. The lowest BCUT2D eigenvalue weighted by atomic mass is 8.33. The van der Waals surface area contributed by atoms with E-state index in [4.69, 9.17) is 0 Å². The molecule has 0 N–H and O–H groups in total. The van der Waals surface area contributed by atoms with Crippen molar-refractivity contribution in [2.75, 3.05) is 0 Å². The maximum Gasteiger partial charge on any atom is -0.000715 e. The van der Waals surface area contributed by atoms with Crippen LogP contribution in [0.5, 0.6) is 0 Å². The number of rotatable bonds is 0. The van der Waals surface area contributed by atoms with Crippen molar-refractivity contribution in [3.05, 3.63) is 0 Å². The lowest BCUT2D eigenvalue weighted by Gasteiger charge is -3.69. The van der Waals surface area contributed by atoms with Gasteiger partial charge in [-0.3, -0.25) is 0 Å². The number of hydrogen-bond donors (Lipinski definition) is 0. The zero-order valence-corrected chi connectivity index (χ0v) is 35.5. The largest absolute Gasteiger partial charge is 0.0458 e. The summed E-state index contributed by atoms with van der Waals surface area (Å²) in [6.07, 6.45) is 7.44. The molecule has 0 amide bonds. The fourth-order valence-electron chi connectivity index (χ4n) is 74.5. The van der Waals surface area contributed by atoms with Crippen LogP contribution in [0, 0.1) is 344 Å². The standard InChI is InChI=1S/C65H36/c1-5-13-6-2-10-16-20-24-29-32-30-26-22-18-12-4-8-14-7-3-11-17-21-25-28-31-27-23-19-15-9(1)33(5)37(13)34(6,10)40(16)44(20)48(24)53(29)56(32)54(30)50(26)46(22)42(18)36(8,12)38(14)35(7,11)41(17)45(21)49(25)52(28)55(31)51(27)47(23)43(19)39(15,33)57(37,40)59(43,44)61(47,48)63(51,53)65(55,56)64(52,54)62(49,50)60(45,46)58(38,41)42/h5-32H,1-4H2. The summed E-state index contributed by atoms with van der Waals surface area (Å²) in [4.78, 5) is 0. The van der Waals surface area contributed by atoms with E-state index in [1.54, 1.807) is 0 Å². The first-order valence-corrected chi connectivity index (χ1v) is 32.3. The molecule has 0 aromatic heterocycles. The Hall–Kier alpha value is 0. The van der Waals surface area contributed by atoms with Crippen molar-refractivity contribution in [3.63, 3.8) is 0 Å². The Morgan fingerprint density at radius 2 is 0.308 bits per heavy atom. The Morgan fingerprint density at radius 3 is 0.538 bits per heavy atom. The zero-order valence-electron chi connectivity index (χ0n) is 35.5. The van der Waals surface area contributed by atoms with Gasteiger partial charge >= 0.3 is 0 Å². The van der Waals surface area contributed by atoms with Crippen molar-refractivity contribution in [2.45, 2.75) is 25.7 Å². The highest BCUT2D eigenvalue weighted by molar-refractivity contribution is 6.16. The van der Waals surface area contributed by atoms with E-state index in [9.17, 15) is 0 Å². The highest BCUT2D eigenvalue weighted by Gasteiger charge is 3.72. The fourth-order valence-corrected chi connectivity index (χ4v) is 74.5. The van der Waals surface area contributed by atoms with Gasteiger partial charge in [-0.25, -0.2) is 0 Å². The third-order valence-electron chi connectivity index (χ3n) is 57.9. The van der Waals surface area contributed by atoms with E-state index in [1.165, 1.54) is 166 Å².